The summed E-state index contributed by atoms with van der Waals surface area (Å²) in [4.78, 5) is 2.50. The molecule has 1 saturated heterocycles. The maximum Gasteiger partial charge on any atom is 0.0568 e. The maximum absolute atomic E-state index is 4.82. The SMILES string of the molecule is C=C1CC[C@H](CCc2c(-c3cnn(C(CC)CCC)c3)ccc3c2CC[C@H](C)N3C(=C)CC)N1. The van der Waals surface area contributed by atoms with E-state index in [0.717, 1.165) is 38.5 Å². The fourth-order valence-electron chi connectivity index (χ4n) is 5.96. The van der Waals surface area contributed by atoms with E-state index in [0.29, 0.717) is 18.1 Å². The Morgan fingerprint density at radius 2 is 2.03 bits per heavy atom. The van der Waals surface area contributed by atoms with E-state index in [4.69, 9.17) is 5.10 Å². The van der Waals surface area contributed by atoms with Crippen LogP contribution in [0.25, 0.3) is 11.1 Å². The van der Waals surface area contributed by atoms with E-state index in [1.165, 1.54) is 65.0 Å². The van der Waals surface area contributed by atoms with E-state index in [1.807, 2.05) is 0 Å². The van der Waals surface area contributed by atoms with Crippen LogP contribution in [0.3, 0.4) is 0 Å². The fraction of sp³-hybridized carbons (Fsp3) is 0.567. The molecule has 4 rings (SSSR count). The van der Waals surface area contributed by atoms with E-state index in [2.05, 4.69) is 80.3 Å². The van der Waals surface area contributed by atoms with Crippen molar-refractivity contribution in [2.24, 2.45) is 0 Å². The van der Waals surface area contributed by atoms with Gasteiger partial charge in [0.2, 0.25) is 0 Å². The van der Waals surface area contributed by atoms with Crippen molar-refractivity contribution in [2.45, 2.75) is 110 Å². The molecule has 4 nitrogen and oxygen atoms in total. The highest BCUT2D eigenvalue weighted by atomic mass is 15.3. The first-order chi connectivity index (χ1) is 16.5. The number of hydrogen-bond acceptors (Lipinski definition) is 3. The van der Waals surface area contributed by atoms with Gasteiger partial charge in [-0.1, -0.05) is 46.4 Å². The molecule has 0 radical (unpaired) electrons. The summed E-state index contributed by atoms with van der Waals surface area (Å²) in [7, 11) is 0. The second-order valence-corrected chi connectivity index (χ2v) is 10.3. The summed E-state index contributed by atoms with van der Waals surface area (Å²) >= 11 is 0. The molecule has 3 heterocycles. The number of nitrogens with one attached hydrogen (secondary N) is 1. The molecular formula is C30H44N4. The molecule has 1 aromatic carbocycles. The molecule has 3 atom stereocenters. The molecule has 2 aliphatic heterocycles. The number of benzene rings is 1. The van der Waals surface area contributed by atoms with Gasteiger partial charge in [0, 0.05) is 40.9 Å². The maximum atomic E-state index is 4.82. The molecule has 4 heteroatoms. The number of aromatic nitrogens is 2. The zero-order valence-electron chi connectivity index (χ0n) is 21.9. The van der Waals surface area contributed by atoms with Crippen LogP contribution >= 0.6 is 0 Å². The summed E-state index contributed by atoms with van der Waals surface area (Å²) in [5, 5.41) is 8.43. The first kappa shape index (κ1) is 24.6. The molecule has 1 aromatic heterocycles. The Balaban J connectivity index is 1.73. The highest BCUT2D eigenvalue weighted by molar-refractivity contribution is 5.75. The van der Waals surface area contributed by atoms with Crippen LogP contribution in [0.15, 0.2) is 49.1 Å². The van der Waals surface area contributed by atoms with Crippen molar-refractivity contribution in [2.75, 3.05) is 4.90 Å². The van der Waals surface area contributed by atoms with E-state index in [1.54, 1.807) is 0 Å². The average molecular weight is 461 g/mol. The molecule has 1 fully saturated rings. The summed E-state index contributed by atoms with van der Waals surface area (Å²) in [6, 6.07) is 6.22. The summed E-state index contributed by atoms with van der Waals surface area (Å²) < 4.78 is 2.21. The lowest BCUT2D eigenvalue weighted by atomic mass is 9.85. The zero-order valence-corrected chi connectivity index (χ0v) is 21.9. The van der Waals surface area contributed by atoms with Gasteiger partial charge < -0.3 is 10.2 Å². The first-order valence-electron chi connectivity index (χ1n) is 13.6. The predicted octanol–water partition coefficient (Wildman–Crippen LogP) is 7.56. The Labute approximate surface area is 207 Å². The van der Waals surface area contributed by atoms with Gasteiger partial charge in [-0.15, -0.1) is 0 Å². The third-order valence-electron chi connectivity index (χ3n) is 7.99. The van der Waals surface area contributed by atoms with Gasteiger partial charge in [-0.05, 0) is 87.5 Å². The first-order valence-corrected chi connectivity index (χ1v) is 13.6. The number of anilines is 1. The smallest absolute Gasteiger partial charge is 0.0568 e. The van der Waals surface area contributed by atoms with Gasteiger partial charge in [-0.2, -0.15) is 5.10 Å². The van der Waals surface area contributed by atoms with Crippen LogP contribution in [-0.2, 0) is 12.8 Å². The quantitative estimate of drug-likeness (QED) is 0.397. The number of allylic oxidation sites excluding steroid dienone is 2. The van der Waals surface area contributed by atoms with Crippen LogP contribution in [0.5, 0.6) is 0 Å². The lowest BCUT2D eigenvalue weighted by Gasteiger charge is -2.39. The zero-order chi connectivity index (χ0) is 24.2. The molecular weight excluding hydrogens is 416 g/mol. The van der Waals surface area contributed by atoms with Crippen LogP contribution in [0, 0.1) is 0 Å². The number of fused-ring (bicyclic) bond motifs is 1. The highest BCUT2D eigenvalue weighted by Gasteiger charge is 2.28. The summed E-state index contributed by atoms with van der Waals surface area (Å²) in [6.07, 6.45) is 15.7. The van der Waals surface area contributed by atoms with E-state index >= 15 is 0 Å². The molecule has 2 aliphatic rings. The summed E-state index contributed by atoms with van der Waals surface area (Å²) in [5.41, 5.74) is 9.45. The van der Waals surface area contributed by atoms with Gasteiger partial charge in [-0.25, -0.2) is 0 Å². The minimum atomic E-state index is 0.484. The standard InChI is InChI=1S/C30H44N4/c1-7-10-26(9-3)33-20-24(19-31-33)27-17-18-30-29(15-12-23(6)34(30)22(5)8-2)28(27)16-14-25-13-11-21(4)32-25/h17-20,23,25-26,32H,4-5,7-16H2,1-3,6H3/t23-,25+,26?/m0/s1. The second kappa shape index (κ2) is 10.8. The van der Waals surface area contributed by atoms with Gasteiger partial charge in [0.1, 0.15) is 0 Å². The van der Waals surface area contributed by atoms with Crippen LogP contribution in [-0.4, -0.2) is 21.9 Å². The van der Waals surface area contributed by atoms with Crippen LogP contribution in [0.4, 0.5) is 5.69 Å². The van der Waals surface area contributed by atoms with Gasteiger partial charge >= 0.3 is 0 Å². The molecule has 0 amide bonds. The van der Waals surface area contributed by atoms with Crippen molar-refractivity contribution in [3.63, 3.8) is 0 Å². The van der Waals surface area contributed by atoms with Crippen LogP contribution < -0.4 is 10.2 Å². The van der Waals surface area contributed by atoms with Crippen molar-refractivity contribution in [1.82, 2.24) is 15.1 Å². The molecule has 34 heavy (non-hydrogen) atoms. The Hall–Kier alpha value is -2.49. The Morgan fingerprint density at radius 1 is 1.21 bits per heavy atom. The van der Waals surface area contributed by atoms with E-state index in [-0.39, 0.29) is 0 Å². The van der Waals surface area contributed by atoms with Crippen LogP contribution in [0.1, 0.15) is 96.2 Å². The minimum absolute atomic E-state index is 0.484. The van der Waals surface area contributed by atoms with Crippen molar-refractivity contribution in [1.29, 1.82) is 0 Å². The number of rotatable bonds is 10. The number of nitrogens with zero attached hydrogens (tertiary/aromatic N) is 3. The van der Waals surface area contributed by atoms with E-state index < -0.39 is 0 Å². The van der Waals surface area contributed by atoms with Crippen molar-refractivity contribution >= 4 is 5.69 Å². The Morgan fingerprint density at radius 3 is 2.71 bits per heavy atom. The van der Waals surface area contributed by atoms with Gasteiger partial charge in [-0.3, -0.25) is 4.68 Å². The van der Waals surface area contributed by atoms with Gasteiger partial charge in [0.15, 0.2) is 0 Å². The van der Waals surface area contributed by atoms with Crippen LogP contribution in [0.2, 0.25) is 0 Å². The third kappa shape index (κ3) is 4.96. The third-order valence-corrected chi connectivity index (χ3v) is 7.99. The molecule has 0 spiro atoms. The largest absolute Gasteiger partial charge is 0.386 e. The van der Waals surface area contributed by atoms with E-state index in [9.17, 15) is 0 Å². The fourth-order valence-corrected chi connectivity index (χ4v) is 5.96. The topological polar surface area (TPSA) is 33.1 Å². The lowest BCUT2D eigenvalue weighted by molar-refractivity contribution is 0.409. The predicted molar refractivity (Wildman–Crippen MR) is 145 cm³/mol. The van der Waals surface area contributed by atoms with Crippen molar-refractivity contribution in [3.8, 4) is 11.1 Å². The normalized spacial score (nSPS) is 20.8. The minimum Gasteiger partial charge on any atom is -0.386 e. The molecule has 0 bridgehead atoms. The molecule has 0 aliphatic carbocycles. The highest BCUT2D eigenvalue weighted by Crippen LogP contribution is 2.41. The molecule has 184 valence electrons. The molecule has 0 saturated carbocycles. The number of hydrogen-bond donors (Lipinski definition) is 1. The molecule has 2 aromatic rings. The van der Waals surface area contributed by atoms with Crippen molar-refractivity contribution in [3.05, 3.63) is 60.2 Å². The molecule has 1 N–H and O–H groups in total. The summed E-state index contributed by atoms with van der Waals surface area (Å²) in [6.45, 7) is 17.6. The van der Waals surface area contributed by atoms with Gasteiger partial charge in [0.25, 0.3) is 0 Å². The second-order valence-electron chi connectivity index (χ2n) is 10.3. The lowest BCUT2D eigenvalue weighted by Crippen LogP contribution is -2.36. The average Bonchev–Trinajstić information content (AvgIpc) is 3.49. The summed E-state index contributed by atoms with van der Waals surface area (Å²) in [5.74, 6) is 0. The van der Waals surface area contributed by atoms with Crippen molar-refractivity contribution < 1.29 is 0 Å². The Kier molecular flexibility index (Phi) is 7.85. The monoisotopic (exact) mass is 460 g/mol. The molecule has 1 unspecified atom stereocenters. The van der Waals surface area contributed by atoms with Gasteiger partial charge in [0.05, 0.1) is 12.2 Å². The Bertz CT molecular complexity index is 1020.